The molecule has 7 heteroatoms. The Labute approximate surface area is 172 Å². The number of hydrazine groups is 1. The zero-order valence-electron chi connectivity index (χ0n) is 15.4. The van der Waals surface area contributed by atoms with Gasteiger partial charge in [-0.15, -0.1) is 0 Å². The van der Waals surface area contributed by atoms with Crippen LogP contribution in [0.2, 0.25) is 0 Å². The van der Waals surface area contributed by atoms with Crippen LogP contribution < -0.4 is 10.7 Å². The van der Waals surface area contributed by atoms with Gasteiger partial charge in [-0.05, 0) is 42.7 Å². The van der Waals surface area contributed by atoms with E-state index in [1.54, 1.807) is 6.20 Å². The van der Waals surface area contributed by atoms with E-state index < -0.39 is 0 Å². The number of fused-ring (bicyclic) bond motifs is 1. The van der Waals surface area contributed by atoms with E-state index in [-0.39, 0.29) is 30.4 Å². The van der Waals surface area contributed by atoms with Crippen LogP contribution in [0, 0.1) is 6.92 Å². The van der Waals surface area contributed by atoms with Crippen LogP contribution >= 0.6 is 15.9 Å². The minimum absolute atomic E-state index is 0.00914. The molecule has 2 amide bonds. The fraction of sp³-hybridized carbons (Fsp3) is 0.238. The minimum Gasteiger partial charge on any atom is -0.325 e. The molecule has 2 aliphatic heterocycles. The third-order valence-electron chi connectivity index (χ3n) is 5.03. The number of anilines is 1. The van der Waals surface area contributed by atoms with Crippen LogP contribution in [0.15, 0.2) is 65.4 Å². The maximum Gasteiger partial charge on any atom is 0.251 e. The van der Waals surface area contributed by atoms with E-state index in [1.165, 1.54) is 4.90 Å². The molecule has 0 radical (unpaired) electrons. The number of nitrogens with zero attached hydrogens (tertiary/aromatic N) is 2. The Bertz CT molecular complexity index is 931. The first-order valence-corrected chi connectivity index (χ1v) is 9.95. The van der Waals surface area contributed by atoms with Crippen molar-refractivity contribution in [2.75, 3.05) is 11.9 Å². The van der Waals surface area contributed by atoms with E-state index in [0.717, 1.165) is 15.6 Å². The highest BCUT2D eigenvalue weighted by molar-refractivity contribution is 9.10. The molecule has 4 rings (SSSR count). The monoisotopic (exact) mass is 440 g/mol. The van der Waals surface area contributed by atoms with Crippen molar-refractivity contribution >= 4 is 33.4 Å². The highest BCUT2D eigenvalue weighted by atomic mass is 79.9. The number of carbonyl (C=O) groups excluding carboxylic acids is 2. The van der Waals surface area contributed by atoms with Crippen molar-refractivity contribution < 1.29 is 9.59 Å². The fourth-order valence-corrected chi connectivity index (χ4v) is 3.79. The zero-order valence-corrected chi connectivity index (χ0v) is 17.0. The molecule has 28 heavy (non-hydrogen) atoms. The Hall–Kier alpha value is -2.64. The first-order chi connectivity index (χ1) is 13.5. The molecule has 2 aromatic rings. The maximum atomic E-state index is 12.9. The molecule has 2 heterocycles. The van der Waals surface area contributed by atoms with E-state index in [2.05, 4.69) is 38.8 Å². The van der Waals surface area contributed by atoms with Gasteiger partial charge in [0.25, 0.3) is 5.91 Å². The number of carbonyl (C=O) groups is 2. The lowest BCUT2D eigenvalue weighted by atomic mass is 10.0. The molecular weight excluding hydrogens is 420 g/mol. The Morgan fingerprint density at radius 3 is 2.75 bits per heavy atom. The van der Waals surface area contributed by atoms with E-state index in [9.17, 15) is 9.59 Å². The summed E-state index contributed by atoms with van der Waals surface area (Å²) in [6.07, 6.45) is 4.15. The first kappa shape index (κ1) is 18.7. The first-order valence-electron chi connectivity index (χ1n) is 9.15. The Kier molecular flexibility index (Phi) is 5.19. The van der Waals surface area contributed by atoms with Crippen LogP contribution in [0.4, 0.5) is 5.69 Å². The van der Waals surface area contributed by atoms with Crippen LogP contribution in [0.25, 0.3) is 0 Å². The number of hydrogen-bond donors (Lipinski definition) is 2. The van der Waals surface area contributed by atoms with Crippen LogP contribution in [-0.4, -0.2) is 34.3 Å². The quantitative estimate of drug-likeness (QED) is 0.764. The standard InChI is InChI=1S/C21H21BrN4O2/c1-14-11-16(7-8-17(14)22)23-20(27)13-25-9-10-26-19(21(25)28)12-18(24-26)15-5-3-2-4-6-15/h2-11,18-19,24H,12-13H2,1H3,(H,23,27). The largest absolute Gasteiger partial charge is 0.325 e. The third-order valence-corrected chi connectivity index (χ3v) is 5.92. The van der Waals surface area contributed by atoms with E-state index in [0.29, 0.717) is 12.1 Å². The summed E-state index contributed by atoms with van der Waals surface area (Å²) < 4.78 is 0.987. The van der Waals surface area contributed by atoms with E-state index in [4.69, 9.17) is 0 Å². The second-order valence-electron chi connectivity index (χ2n) is 7.03. The predicted molar refractivity (Wildman–Crippen MR) is 111 cm³/mol. The molecule has 1 fully saturated rings. The van der Waals surface area contributed by atoms with Crippen molar-refractivity contribution in [3.8, 4) is 0 Å². The van der Waals surface area contributed by atoms with Crippen molar-refractivity contribution in [3.05, 3.63) is 76.5 Å². The second kappa shape index (κ2) is 7.77. The number of benzene rings is 2. The van der Waals surface area contributed by atoms with Gasteiger partial charge in [0.2, 0.25) is 5.91 Å². The van der Waals surface area contributed by atoms with Crippen molar-refractivity contribution in [2.24, 2.45) is 0 Å². The average molecular weight is 441 g/mol. The number of halogens is 1. The van der Waals surface area contributed by atoms with Crippen molar-refractivity contribution in [2.45, 2.75) is 25.4 Å². The van der Waals surface area contributed by atoms with Gasteiger partial charge in [-0.1, -0.05) is 46.3 Å². The maximum absolute atomic E-state index is 12.9. The lowest BCUT2D eigenvalue weighted by Gasteiger charge is -2.31. The summed E-state index contributed by atoms with van der Waals surface area (Å²) >= 11 is 3.45. The van der Waals surface area contributed by atoms with Gasteiger partial charge in [-0.25, -0.2) is 5.43 Å². The van der Waals surface area contributed by atoms with Crippen molar-refractivity contribution in [1.29, 1.82) is 0 Å². The summed E-state index contributed by atoms with van der Waals surface area (Å²) in [6.45, 7) is 1.95. The molecule has 144 valence electrons. The molecule has 2 unspecified atom stereocenters. The Balaban J connectivity index is 1.39. The van der Waals surface area contributed by atoms with Gasteiger partial charge < -0.3 is 15.2 Å². The molecule has 0 aliphatic carbocycles. The molecule has 2 aliphatic rings. The predicted octanol–water partition coefficient (Wildman–Crippen LogP) is 3.33. The molecule has 0 aromatic heterocycles. The Morgan fingerprint density at radius 2 is 2.00 bits per heavy atom. The van der Waals surface area contributed by atoms with Gasteiger partial charge in [-0.2, -0.15) is 0 Å². The highest BCUT2D eigenvalue weighted by Gasteiger charge is 2.40. The lowest BCUT2D eigenvalue weighted by molar-refractivity contribution is -0.137. The van der Waals surface area contributed by atoms with Crippen LogP contribution in [0.5, 0.6) is 0 Å². The molecule has 0 bridgehead atoms. The number of nitrogens with one attached hydrogen (secondary N) is 2. The van der Waals surface area contributed by atoms with E-state index in [1.807, 2.05) is 54.5 Å². The number of rotatable bonds is 4. The average Bonchev–Trinajstić information content (AvgIpc) is 3.13. The molecular formula is C21H21BrN4O2. The fourth-order valence-electron chi connectivity index (χ4n) is 3.55. The Morgan fingerprint density at radius 1 is 1.21 bits per heavy atom. The summed E-state index contributed by atoms with van der Waals surface area (Å²) in [5.41, 5.74) is 6.25. The zero-order chi connectivity index (χ0) is 19.7. The molecule has 6 nitrogen and oxygen atoms in total. The highest BCUT2D eigenvalue weighted by Crippen LogP contribution is 2.30. The van der Waals surface area contributed by atoms with Crippen LogP contribution in [0.3, 0.4) is 0 Å². The molecule has 0 saturated carbocycles. The van der Waals surface area contributed by atoms with Gasteiger partial charge in [0.05, 0.1) is 6.04 Å². The normalized spacial score (nSPS) is 21.0. The van der Waals surface area contributed by atoms with Gasteiger partial charge in [0, 0.05) is 22.6 Å². The summed E-state index contributed by atoms with van der Waals surface area (Å²) in [5.74, 6) is -0.297. The molecule has 0 spiro atoms. The molecule has 2 atom stereocenters. The SMILES string of the molecule is Cc1cc(NC(=O)CN2C=CN3NC(c4ccccc4)CC3C2=O)ccc1Br. The minimum atomic E-state index is -0.307. The van der Waals surface area contributed by atoms with Gasteiger partial charge >= 0.3 is 0 Å². The molecule has 2 aromatic carbocycles. The molecule has 1 saturated heterocycles. The summed E-state index contributed by atoms with van der Waals surface area (Å²) in [7, 11) is 0. The van der Waals surface area contributed by atoms with Crippen molar-refractivity contribution in [1.82, 2.24) is 15.3 Å². The number of hydrogen-bond acceptors (Lipinski definition) is 4. The number of aryl methyl sites for hydroxylation is 1. The summed E-state index contributed by atoms with van der Waals surface area (Å²) in [5, 5.41) is 4.70. The second-order valence-corrected chi connectivity index (χ2v) is 7.88. The lowest BCUT2D eigenvalue weighted by Crippen LogP contribution is -2.49. The smallest absolute Gasteiger partial charge is 0.251 e. The third kappa shape index (κ3) is 3.81. The van der Waals surface area contributed by atoms with Gasteiger partial charge in [0.1, 0.15) is 12.6 Å². The van der Waals surface area contributed by atoms with Crippen LogP contribution in [-0.2, 0) is 9.59 Å². The molecule has 2 N–H and O–H groups in total. The summed E-state index contributed by atoms with van der Waals surface area (Å²) in [4.78, 5) is 26.8. The van der Waals surface area contributed by atoms with Gasteiger partial charge in [-0.3, -0.25) is 9.59 Å². The van der Waals surface area contributed by atoms with Crippen LogP contribution in [0.1, 0.15) is 23.6 Å². The van der Waals surface area contributed by atoms with Gasteiger partial charge in [0.15, 0.2) is 0 Å². The summed E-state index contributed by atoms with van der Waals surface area (Å²) in [6, 6.07) is 15.5. The number of amides is 2. The topological polar surface area (TPSA) is 64.7 Å². The van der Waals surface area contributed by atoms with E-state index >= 15 is 0 Å². The van der Waals surface area contributed by atoms with Crippen molar-refractivity contribution in [3.63, 3.8) is 0 Å².